The Labute approximate surface area is 80.3 Å². The molecule has 1 aliphatic heterocycles. The maximum Gasteiger partial charge on any atom is 0.194 e. The minimum Gasteiger partial charge on any atom is -0.515 e. The predicted molar refractivity (Wildman–Crippen MR) is 52.2 cm³/mol. The highest BCUT2D eigenvalue weighted by Crippen LogP contribution is 2.31. The van der Waals surface area contributed by atoms with Crippen molar-refractivity contribution in [2.24, 2.45) is 0 Å². The SMILES string of the molecule is O=C1/C(=C/O)CSc2ccccc21. The van der Waals surface area contributed by atoms with Crippen molar-refractivity contribution in [3.05, 3.63) is 41.7 Å². The first kappa shape index (κ1) is 8.38. The van der Waals surface area contributed by atoms with Crippen molar-refractivity contribution in [3.8, 4) is 0 Å². The molecule has 0 amide bonds. The molecule has 0 bridgehead atoms. The molecule has 2 rings (SSSR count). The quantitative estimate of drug-likeness (QED) is 0.506. The predicted octanol–water partition coefficient (Wildman–Crippen LogP) is 2.42. The normalized spacial score (nSPS) is 18.8. The van der Waals surface area contributed by atoms with Gasteiger partial charge < -0.3 is 5.11 Å². The van der Waals surface area contributed by atoms with Gasteiger partial charge in [-0.1, -0.05) is 12.1 Å². The lowest BCUT2D eigenvalue weighted by molar-refractivity contribution is 0.102. The smallest absolute Gasteiger partial charge is 0.194 e. The molecule has 66 valence electrons. The Morgan fingerprint density at radius 2 is 2.15 bits per heavy atom. The average Bonchev–Trinajstić information content (AvgIpc) is 2.19. The number of fused-ring (bicyclic) bond motifs is 1. The zero-order valence-electron chi connectivity index (χ0n) is 6.86. The van der Waals surface area contributed by atoms with Crippen LogP contribution < -0.4 is 0 Å². The molecule has 0 saturated heterocycles. The van der Waals surface area contributed by atoms with Crippen molar-refractivity contribution in [3.63, 3.8) is 0 Å². The molecule has 1 aromatic rings. The molecule has 3 heteroatoms. The summed E-state index contributed by atoms with van der Waals surface area (Å²) >= 11 is 1.58. The third-order valence-electron chi connectivity index (χ3n) is 1.96. The Morgan fingerprint density at radius 3 is 2.92 bits per heavy atom. The first-order chi connectivity index (χ1) is 6.33. The van der Waals surface area contributed by atoms with E-state index >= 15 is 0 Å². The fourth-order valence-corrected chi connectivity index (χ4v) is 2.28. The maximum absolute atomic E-state index is 11.6. The topological polar surface area (TPSA) is 37.3 Å². The van der Waals surface area contributed by atoms with Gasteiger partial charge in [0.1, 0.15) is 0 Å². The van der Waals surface area contributed by atoms with E-state index in [9.17, 15) is 4.79 Å². The lowest BCUT2D eigenvalue weighted by atomic mass is 10.1. The summed E-state index contributed by atoms with van der Waals surface area (Å²) in [7, 11) is 0. The van der Waals surface area contributed by atoms with Crippen molar-refractivity contribution in [2.75, 3.05) is 5.75 Å². The summed E-state index contributed by atoms with van der Waals surface area (Å²) in [5, 5.41) is 8.79. The summed E-state index contributed by atoms with van der Waals surface area (Å²) in [6, 6.07) is 7.45. The molecule has 0 saturated carbocycles. The molecule has 0 radical (unpaired) electrons. The fourth-order valence-electron chi connectivity index (χ4n) is 1.27. The van der Waals surface area contributed by atoms with E-state index in [1.54, 1.807) is 17.8 Å². The van der Waals surface area contributed by atoms with E-state index in [-0.39, 0.29) is 5.78 Å². The van der Waals surface area contributed by atoms with E-state index in [1.165, 1.54) is 0 Å². The second kappa shape index (κ2) is 3.26. The molecule has 0 atom stereocenters. The highest BCUT2D eigenvalue weighted by atomic mass is 32.2. The van der Waals surface area contributed by atoms with E-state index in [0.717, 1.165) is 11.2 Å². The van der Waals surface area contributed by atoms with Crippen LogP contribution in [0.15, 0.2) is 41.0 Å². The second-order valence-electron chi connectivity index (χ2n) is 2.77. The molecule has 1 aromatic carbocycles. The molecule has 2 nitrogen and oxygen atoms in total. The number of carbonyl (C=O) groups excluding carboxylic acids is 1. The van der Waals surface area contributed by atoms with Crippen molar-refractivity contribution in [2.45, 2.75) is 4.90 Å². The van der Waals surface area contributed by atoms with E-state index in [2.05, 4.69) is 0 Å². The van der Waals surface area contributed by atoms with Crippen LogP contribution in [0.2, 0.25) is 0 Å². The molecular weight excluding hydrogens is 184 g/mol. The van der Waals surface area contributed by atoms with Gasteiger partial charge >= 0.3 is 0 Å². The second-order valence-corrected chi connectivity index (χ2v) is 3.79. The third-order valence-corrected chi connectivity index (χ3v) is 3.08. The minimum absolute atomic E-state index is 0.0585. The maximum atomic E-state index is 11.6. The van der Waals surface area contributed by atoms with Gasteiger partial charge in [0.2, 0.25) is 0 Å². The summed E-state index contributed by atoms with van der Waals surface area (Å²) in [6.45, 7) is 0. The number of carbonyl (C=O) groups is 1. The summed E-state index contributed by atoms with van der Waals surface area (Å²) in [4.78, 5) is 12.6. The first-order valence-corrected chi connectivity index (χ1v) is 4.91. The minimum atomic E-state index is -0.0585. The van der Waals surface area contributed by atoms with Crippen molar-refractivity contribution in [1.82, 2.24) is 0 Å². The monoisotopic (exact) mass is 192 g/mol. The van der Waals surface area contributed by atoms with Crippen molar-refractivity contribution < 1.29 is 9.90 Å². The lowest BCUT2D eigenvalue weighted by Gasteiger charge is -2.15. The van der Waals surface area contributed by atoms with Gasteiger partial charge in [0.15, 0.2) is 5.78 Å². The first-order valence-electron chi connectivity index (χ1n) is 3.92. The number of benzene rings is 1. The zero-order valence-corrected chi connectivity index (χ0v) is 7.67. The molecule has 0 aromatic heterocycles. The number of thioether (sulfide) groups is 1. The number of hydrogen-bond acceptors (Lipinski definition) is 3. The summed E-state index contributed by atoms with van der Waals surface area (Å²) in [6.07, 6.45) is 0.908. The average molecular weight is 192 g/mol. The fraction of sp³-hybridized carbons (Fsp3) is 0.100. The molecule has 1 heterocycles. The van der Waals surface area contributed by atoms with Gasteiger partial charge in [-0.25, -0.2) is 0 Å². The van der Waals surface area contributed by atoms with Crippen LogP contribution in [-0.4, -0.2) is 16.6 Å². The van der Waals surface area contributed by atoms with Gasteiger partial charge in [-0.15, -0.1) is 11.8 Å². The van der Waals surface area contributed by atoms with Crippen LogP contribution in [0.1, 0.15) is 10.4 Å². The Bertz CT molecular complexity index is 382. The van der Waals surface area contributed by atoms with E-state index in [0.29, 0.717) is 16.9 Å². The number of rotatable bonds is 0. The molecule has 13 heavy (non-hydrogen) atoms. The van der Waals surface area contributed by atoms with Gasteiger partial charge in [0, 0.05) is 21.8 Å². The molecular formula is C10H8O2S. The van der Waals surface area contributed by atoms with E-state index in [4.69, 9.17) is 5.11 Å². The van der Waals surface area contributed by atoms with Gasteiger partial charge in [-0.3, -0.25) is 4.79 Å². The Kier molecular flexibility index (Phi) is 2.10. The largest absolute Gasteiger partial charge is 0.515 e. The zero-order chi connectivity index (χ0) is 9.26. The number of hydrogen-bond donors (Lipinski definition) is 1. The molecule has 0 unspecified atom stereocenters. The van der Waals surface area contributed by atoms with Crippen LogP contribution in [0.4, 0.5) is 0 Å². The highest BCUT2D eigenvalue weighted by Gasteiger charge is 2.21. The van der Waals surface area contributed by atoms with Crippen LogP contribution in [0.25, 0.3) is 0 Å². The van der Waals surface area contributed by atoms with Crippen LogP contribution in [0.5, 0.6) is 0 Å². The summed E-state index contributed by atoms with van der Waals surface area (Å²) < 4.78 is 0. The standard InChI is InChI=1S/C10H8O2S/c11-5-7-6-13-9-4-2-1-3-8(9)10(7)12/h1-5,11H,6H2/b7-5+. The number of ketones is 1. The summed E-state index contributed by atoms with van der Waals surface area (Å²) in [5.74, 6) is 0.503. The van der Waals surface area contributed by atoms with Gasteiger partial charge in [-0.05, 0) is 12.1 Å². The third kappa shape index (κ3) is 1.35. The van der Waals surface area contributed by atoms with Crippen molar-refractivity contribution >= 4 is 17.5 Å². The Balaban J connectivity index is 2.51. The van der Waals surface area contributed by atoms with Crippen molar-refractivity contribution in [1.29, 1.82) is 0 Å². The Morgan fingerprint density at radius 1 is 1.38 bits per heavy atom. The van der Waals surface area contributed by atoms with Gasteiger partial charge in [0.25, 0.3) is 0 Å². The molecule has 0 spiro atoms. The lowest BCUT2D eigenvalue weighted by Crippen LogP contribution is -2.11. The molecule has 1 N–H and O–H groups in total. The molecule has 1 aliphatic rings. The van der Waals surface area contributed by atoms with Crippen LogP contribution >= 0.6 is 11.8 Å². The highest BCUT2D eigenvalue weighted by molar-refractivity contribution is 7.99. The van der Waals surface area contributed by atoms with Crippen LogP contribution in [-0.2, 0) is 0 Å². The van der Waals surface area contributed by atoms with Gasteiger partial charge in [-0.2, -0.15) is 0 Å². The number of Topliss-reactive ketones (excluding diaryl/α,β-unsaturated/α-hetero) is 1. The molecule has 0 aliphatic carbocycles. The number of aliphatic hydroxyl groups excluding tert-OH is 1. The Hall–Kier alpha value is -1.22. The van der Waals surface area contributed by atoms with Crippen LogP contribution in [0, 0.1) is 0 Å². The van der Waals surface area contributed by atoms with E-state index in [1.807, 2.05) is 18.2 Å². The van der Waals surface area contributed by atoms with Crippen LogP contribution in [0.3, 0.4) is 0 Å². The summed E-state index contributed by atoms with van der Waals surface area (Å²) in [5.41, 5.74) is 1.17. The number of aliphatic hydroxyl groups is 1. The molecule has 0 fully saturated rings. The van der Waals surface area contributed by atoms with E-state index < -0.39 is 0 Å². The van der Waals surface area contributed by atoms with Gasteiger partial charge in [0.05, 0.1) is 6.26 Å².